The van der Waals surface area contributed by atoms with Gasteiger partial charge in [-0.1, -0.05) is 34.1 Å². The number of anilines is 1. The van der Waals surface area contributed by atoms with Crippen molar-refractivity contribution in [3.63, 3.8) is 0 Å². The van der Waals surface area contributed by atoms with Crippen LogP contribution in [0.1, 0.15) is 24.1 Å². The highest BCUT2D eigenvalue weighted by atomic mass is 79.9. The van der Waals surface area contributed by atoms with Crippen molar-refractivity contribution in [3.8, 4) is 0 Å². The normalized spacial score (nSPS) is 12.3. The summed E-state index contributed by atoms with van der Waals surface area (Å²) >= 11 is 10.8. The third-order valence-corrected chi connectivity index (χ3v) is 4.89. The molecule has 0 bridgehead atoms. The minimum Gasteiger partial charge on any atom is -0.377 e. The largest absolute Gasteiger partial charge is 0.377 e. The maximum absolute atomic E-state index is 3.61. The van der Waals surface area contributed by atoms with Crippen LogP contribution in [-0.2, 0) is 0 Å². The summed E-state index contributed by atoms with van der Waals surface area (Å²) in [5.74, 6) is 0. The molecule has 0 amide bonds. The summed E-state index contributed by atoms with van der Waals surface area (Å²) in [5, 5.41) is 3.54. The van der Waals surface area contributed by atoms with Gasteiger partial charge in [-0.2, -0.15) is 0 Å². The standard InChI is InChI=1S/C15H14Br3N/c1-9-7-13(17)15(14(18)8-9)19-10(2)11-5-3-4-6-12(11)16/h3-8,10,19H,1-2H3. The van der Waals surface area contributed by atoms with Gasteiger partial charge in [-0.05, 0) is 75.0 Å². The fourth-order valence-corrected chi connectivity index (χ4v) is 4.23. The Balaban J connectivity index is 2.29. The van der Waals surface area contributed by atoms with Gasteiger partial charge in [0.15, 0.2) is 0 Å². The summed E-state index contributed by atoms with van der Waals surface area (Å²) in [7, 11) is 0. The van der Waals surface area contributed by atoms with Crippen LogP contribution in [0.4, 0.5) is 5.69 Å². The van der Waals surface area contributed by atoms with Crippen molar-refractivity contribution in [2.75, 3.05) is 5.32 Å². The molecule has 0 aliphatic carbocycles. The van der Waals surface area contributed by atoms with E-state index in [1.807, 2.05) is 6.07 Å². The summed E-state index contributed by atoms with van der Waals surface area (Å²) in [6, 6.07) is 12.7. The quantitative estimate of drug-likeness (QED) is 0.569. The topological polar surface area (TPSA) is 12.0 Å². The molecule has 0 aliphatic rings. The van der Waals surface area contributed by atoms with Crippen molar-refractivity contribution >= 4 is 53.5 Å². The van der Waals surface area contributed by atoms with Crippen molar-refractivity contribution in [2.24, 2.45) is 0 Å². The molecule has 2 aromatic rings. The molecular formula is C15H14Br3N. The van der Waals surface area contributed by atoms with Crippen LogP contribution < -0.4 is 5.32 Å². The van der Waals surface area contributed by atoms with Gasteiger partial charge in [0.2, 0.25) is 0 Å². The Kier molecular flexibility index (Phi) is 5.09. The third kappa shape index (κ3) is 3.61. The fraction of sp³-hybridized carbons (Fsp3) is 0.200. The molecule has 1 nitrogen and oxygen atoms in total. The van der Waals surface area contributed by atoms with Gasteiger partial charge in [-0.3, -0.25) is 0 Å². The highest BCUT2D eigenvalue weighted by Gasteiger charge is 2.12. The van der Waals surface area contributed by atoms with E-state index in [1.165, 1.54) is 11.1 Å². The van der Waals surface area contributed by atoms with Crippen molar-refractivity contribution < 1.29 is 0 Å². The molecule has 0 aliphatic heterocycles. The highest BCUT2D eigenvalue weighted by Crippen LogP contribution is 2.35. The van der Waals surface area contributed by atoms with E-state index in [1.54, 1.807) is 0 Å². The van der Waals surface area contributed by atoms with Crippen LogP contribution >= 0.6 is 47.8 Å². The first kappa shape index (κ1) is 15.1. The molecule has 1 N–H and O–H groups in total. The zero-order valence-electron chi connectivity index (χ0n) is 10.7. The van der Waals surface area contributed by atoms with Crippen LogP contribution in [0.25, 0.3) is 0 Å². The summed E-state index contributed by atoms with van der Waals surface area (Å²) < 4.78 is 3.26. The Bertz CT molecular complexity index is 573. The number of hydrogen-bond acceptors (Lipinski definition) is 1. The molecule has 0 aromatic heterocycles. The zero-order chi connectivity index (χ0) is 14.0. The molecule has 0 heterocycles. The van der Waals surface area contributed by atoms with E-state index in [4.69, 9.17) is 0 Å². The van der Waals surface area contributed by atoms with E-state index in [0.717, 1.165) is 19.1 Å². The van der Waals surface area contributed by atoms with Gasteiger partial charge in [-0.15, -0.1) is 0 Å². The van der Waals surface area contributed by atoms with Gasteiger partial charge < -0.3 is 5.32 Å². The Morgan fingerprint density at radius 3 is 2.11 bits per heavy atom. The lowest BCUT2D eigenvalue weighted by molar-refractivity contribution is 0.876. The number of aryl methyl sites for hydroxylation is 1. The first-order valence-corrected chi connectivity index (χ1v) is 8.33. The lowest BCUT2D eigenvalue weighted by atomic mass is 10.1. The lowest BCUT2D eigenvalue weighted by Gasteiger charge is -2.19. The zero-order valence-corrected chi connectivity index (χ0v) is 15.4. The predicted octanol–water partition coefficient (Wildman–Crippen LogP) is 6.46. The van der Waals surface area contributed by atoms with Gasteiger partial charge in [-0.25, -0.2) is 0 Å². The molecule has 0 fully saturated rings. The van der Waals surface area contributed by atoms with E-state index in [0.29, 0.717) is 0 Å². The van der Waals surface area contributed by atoms with Gasteiger partial charge in [0.1, 0.15) is 0 Å². The maximum atomic E-state index is 3.61. The molecule has 0 saturated heterocycles. The SMILES string of the molecule is Cc1cc(Br)c(NC(C)c2ccccc2Br)c(Br)c1. The third-order valence-electron chi connectivity index (χ3n) is 2.92. The smallest absolute Gasteiger partial charge is 0.0633 e. The van der Waals surface area contributed by atoms with Crippen molar-refractivity contribution in [2.45, 2.75) is 19.9 Å². The van der Waals surface area contributed by atoms with Crippen molar-refractivity contribution in [1.82, 2.24) is 0 Å². The average Bonchev–Trinajstić information content (AvgIpc) is 2.34. The summed E-state index contributed by atoms with van der Waals surface area (Å²) in [5.41, 5.74) is 3.54. The maximum Gasteiger partial charge on any atom is 0.0633 e. The minimum atomic E-state index is 0.214. The summed E-state index contributed by atoms with van der Waals surface area (Å²) in [6.07, 6.45) is 0. The molecule has 0 saturated carbocycles. The number of hydrogen-bond donors (Lipinski definition) is 1. The van der Waals surface area contributed by atoms with Gasteiger partial charge >= 0.3 is 0 Å². The molecular weight excluding hydrogens is 434 g/mol. The van der Waals surface area contributed by atoms with E-state index >= 15 is 0 Å². The van der Waals surface area contributed by atoms with Crippen molar-refractivity contribution in [3.05, 3.63) is 60.9 Å². The second-order valence-electron chi connectivity index (χ2n) is 4.49. The second kappa shape index (κ2) is 6.42. The highest BCUT2D eigenvalue weighted by molar-refractivity contribution is 9.11. The minimum absolute atomic E-state index is 0.214. The predicted molar refractivity (Wildman–Crippen MR) is 92.8 cm³/mol. The Morgan fingerprint density at radius 2 is 1.53 bits per heavy atom. The van der Waals surface area contributed by atoms with E-state index in [2.05, 4.69) is 97.3 Å². The monoisotopic (exact) mass is 445 g/mol. The van der Waals surface area contributed by atoms with Crippen LogP contribution in [0.3, 0.4) is 0 Å². The fourth-order valence-electron chi connectivity index (χ4n) is 1.96. The van der Waals surface area contributed by atoms with Crippen LogP contribution in [0.5, 0.6) is 0 Å². The van der Waals surface area contributed by atoms with E-state index < -0.39 is 0 Å². The van der Waals surface area contributed by atoms with Gasteiger partial charge in [0.25, 0.3) is 0 Å². The van der Waals surface area contributed by atoms with Crippen LogP contribution in [0.2, 0.25) is 0 Å². The molecule has 1 atom stereocenters. The van der Waals surface area contributed by atoms with E-state index in [-0.39, 0.29) is 6.04 Å². The van der Waals surface area contributed by atoms with Gasteiger partial charge in [0.05, 0.1) is 5.69 Å². The number of rotatable bonds is 3. The van der Waals surface area contributed by atoms with E-state index in [9.17, 15) is 0 Å². The summed E-state index contributed by atoms with van der Waals surface area (Å²) in [6.45, 7) is 4.23. The Morgan fingerprint density at radius 1 is 0.947 bits per heavy atom. The Hall–Kier alpha value is -0.320. The molecule has 100 valence electrons. The lowest BCUT2D eigenvalue weighted by Crippen LogP contribution is -2.08. The molecule has 19 heavy (non-hydrogen) atoms. The molecule has 4 heteroatoms. The second-order valence-corrected chi connectivity index (χ2v) is 7.05. The molecule has 2 aromatic carbocycles. The number of halogens is 3. The summed E-state index contributed by atoms with van der Waals surface area (Å²) in [4.78, 5) is 0. The van der Waals surface area contributed by atoms with Crippen LogP contribution in [-0.4, -0.2) is 0 Å². The molecule has 1 unspecified atom stereocenters. The molecule has 0 radical (unpaired) electrons. The van der Waals surface area contributed by atoms with Crippen molar-refractivity contribution in [1.29, 1.82) is 0 Å². The van der Waals surface area contributed by atoms with Crippen LogP contribution in [0.15, 0.2) is 49.8 Å². The van der Waals surface area contributed by atoms with Gasteiger partial charge in [0, 0.05) is 19.5 Å². The molecule has 2 rings (SSSR count). The molecule has 0 spiro atoms. The average molecular weight is 448 g/mol. The first-order valence-electron chi connectivity index (χ1n) is 5.95. The first-order chi connectivity index (χ1) is 8.99. The van der Waals surface area contributed by atoms with Crippen LogP contribution in [0, 0.1) is 6.92 Å². The number of benzene rings is 2. The number of nitrogens with one attached hydrogen (secondary N) is 1. The Labute approximate surface area is 139 Å².